The SMILES string of the molecule is O=C1[C@H]2[C@H](ON(c3ccccc3)[C@H]2c2ccccc2)C(=O)N1c1c(Cl)cccc1Cl. The summed E-state index contributed by atoms with van der Waals surface area (Å²) in [6, 6.07) is 23.4. The average Bonchev–Trinajstić information content (AvgIpc) is 3.27. The van der Waals surface area contributed by atoms with Gasteiger partial charge >= 0.3 is 0 Å². The van der Waals surface area contributed by atoms with E-state index in [1.165, 1.54) is 0 Å². The highest BCUT2D eigenvalue weighted by molar-refractivity contribution is 6.42. The summed E-state index contributed by atoms with van der Waals surface area (Å²) in [5.41, 5.74) is 1.85. The Morgan fingerprint density at radius 3 is 1.97 bits per heavy atom. The molecule has 30 heavy (non-hydrogen) atoms. The first kappa shape index (κ1) is 19.1. The second-order valence-corrected chi connectivity index (χ2v) is 7.97. The van der Waals surface area contributed by atoms with Gasteiger partial charge in [-0.05, 0) is 29.8 Å². The van der Waals surface area contributed by atoms with Crippen LogP contribution in [0.3, 0.4) is 0 Å². The third-order valence-corrected chi connectivity index (χ3v) is 6.04. The summed E-state index contributed by atoms with van der Waals surface area (Å²) in [5.74, 6) is -1.58. The molecule has 2 amide bonds. The van der Waals surface area contributed by atoms with Gasteiger partial charge in [0.1, 0.15) is 5.92 Å². The summed E-state index contributed by atoms with van der Waals surface area (Å²) in [4.78, 5) is 34.0. The molecule has 0 bridgehead atoms. The normalized spacial score (nSPS) is 23.2. The molecule has 0 aliphatic carbocycles. The lowest BCUT2D eigenvalue weighted by Gasteiger charge is -2.29. The Labute approximate surface area is 183 Å². The summed E-state index contributed by atoms with van der Waals surface area (Å²) in [6.07, 6.45) is -0.963. The Morgan fingerprint density at radius 2 is 1.33 bits per heavy atom. The number of fused-ring (bicyclic) bond motifs is 1. The molecule has 0 unspecified atom stereocenters. The zero-order chi connectivity index (χ0) is 20.8. The quantitative estimate of drug-likeness (QED) is 0.537. The minimum absolute atomic E-state index is 0.201. The highest BCUT2D eigenvalue weighted by atomic mass is 35.5. The molecule has 3 aromatic carbocycles. The molecule has 2 heterocycles. The number of benzene rings is 3. The van der Waals surface area contributed by atoms with E-state index in [4.69, 9.17) is 28.0 Å². The first-order valence-corrected chi connectivity index (χ1v) is 10.2. The van der Waals surface area contributed by atoms with Crippen LogP contribution in [0.5, 0.6) is 0 Å². The monoisotopic (exact) mass is 438 g/mol. The van der Waals surface area contributed by atoms with Gasteiger partial charge in [-0.1, -0.05) is 77.8 Å². The fourth-order valence-electron chi connectivity index (χ4n) is 4.13. The van der Waals surface area contributed by atoms with Crippen LogP contribution in [0.4, 0.5) is 11.4 Å². The first-order chi connectivity index (χ1) is 14.6. The fraction of sp³-hybridized carbons (Fsp3) is 0.130. The molecule has 0 N–H and O–H groups in total. The molecule has 0 spiro atoms. The minimum atomic E-state index is -0.963. The van der Waals surface area contributed by atoms with E-state index in [0.717, 1.165) is 16.2 Å². The van der Waals surface area contributed by atoms with Crippen molar-refractivity contribution in [2.75, 3.05) is 9.96 Å². The summed E-state index contributed by atoms with van der Waals surface area (Å²) in [6.45, 7) is 0. The lowest BCUT2D eigenvalue weighted by atomic mass is 9.90. The number of nitrogens with zero attached hydrogens (tertiary/aromatic N) is 2. The highest BCUT2D eigenvalue weighted by Crippen LogP contribution is 2.49. The van der Waals surface area contributed by atoms with Crippen LogP contribution < -0.4 is 9.96 Å². The molecule has 2 aliphatic heterocycles. The lowest BCUT2D eigenvalue weighted by Crippen LogP contribution is -2.37. The van der Waals surface area contributed by atoms with E-state index in [0.29, 0.717) is 0 Å². The van der Waals surface area contributed by atoms with Gasteiger partial charge in [-0.3, -0.25) is 14.4 Å². The van der Waals surface area contributed by atoms with Crippen LogP contribution in [-0.4, -0.2) is 17.9 Å². The number of halogens is 2. The van der Waals surface area contributed by atoms with E-state index in [2.05, 4.69) is 0 Å². The van der Waals surface area contributed by atoms with Gasteiger partial charge in [-0.15, -0.1) is 0 Å². The molecule has 3 atom stereocenters. The Balaban J connectivity index is 1.61. The Morgan fingerprint density at radius 1 is 0.733 bits per heavy atom. The first-order valence-electron chi connectivity index (χ1n) is 9.46. The van der Waals surface area contributed by atoms with Crippen molar-refractivity contribution in [1.29, 1.82) is 0 Å². The van der Waals surface area contributed by atoms with Gasteiger partial charge in [0.05, 0.1) is 27.5 Å². The highest BCUT2D eigenvalue weighted by Gasteiger charge is 2.60. The van der Waals surface area contributed by atoms with Gasteiger partial charge < -0.3 is 0 Å². The van der Waals surface area contributed by atoms with Crippen LogP contribution >= 0.6 is 23.2 Å². The number of carbonyl (C=O) groups is 2. The number of hydroxylamine groups is 1. The van der Waals surface area contributed by atoms with E-state index >= 15 is 0 Å². The average molecular weight is 439 g/mol. The van der Waals surface area contributed by atoms with Gasteiger partial charge in [0.15, 0.2) is 6.10 Å². The molecule has 0 aromatic heterocycles. The van der Waals surface area contributed by atoms with Crippen molar-refractivity contribution in [1.82, 2.24) is 0 Å². The maximum absolute atomic E-state index is 13.5. The van der Waals surface area contributed by atoms with Gasteiger partial charge in [0, 0.05) is 0 Å². The number of para-hydroxylation sites is 2. The van der Waals surface area contributed by atoms with Crippen LogP contribution in [-0.2, 0) is 14.4 Å². The molecule has 5 nitrogen and oxygen atoms in total. The van der Waals surface area contributed by atoms with Crippen molar-refractivity contribution < 1.29 is 14.4 Å². The Bertz CT molecular complexity index is 1100. The van der Waals surface area contributed by atoms with Crippen molar-refractivity contribution in [2.45, 2.75) is 12.1 Å². The second kappa shape index (κ2) is 7.43. The molecule has 2 aliphatic rings. The zero-order valence-electron chi connectivity index (χ0n) is 15.6. The minimum Gasteiger partial charge on any atom is -0.273 e. The third kappa shape index (κ3) is 2.89. The standard InChI is InChI=1S/C23H16Cl2N2O3/c24-16-12-7-13-17(25)20(16)26-22(28)18-19(14-8-3-1-4-9-14)27(30-21(18)23(26)29)15-10-5-2-6-11-15/h1-13,18-19,21H/t18-,19+,21+/m1/s1. The molecule has 2 fully saturated rings. The lowest BCUT2D eigenvalue weighted by molar-refractivity contribution is -0.126. The number of anilines is 2. The topological polar surface area (TPSA) is 49.9 Å². The summed E-state index contributed by atoms with van der Waals surface area (Å²) >= 11 is 12.6. The molecule has 7 heteroatoms. The van der Waals surface area contributed by atoms with Crippen LogP contribution in [0.2, 0.25) is 10.0 Å². The number of hydrogen-bond acceptors (Lipinski definition) is 4. The number of hydrogen-bond donors (Lipinski definition) is 0. The number of amides is 2. The van der Waals surface area contributed by atoms with Gasteiger partial charge in [-0.25, -0.2) is 9.96 Å². The van der Waals surface area contributed by atoms with Crippen molar-refractivity contribution in [2.24, 2.45) is 5.92 Å². The predicted molar refractivity (Wildman–Crippen MR) is 115 cm³/mol. The Kier molecular flexibility index (Phi) is 4.74. The molecule has 3 aromatic rings. The molecular weight excluding hydrogens is 423 g/mol. The van der Waals surface area contributed by atoms with Crippen LogP contribution in [0.15, 0.2) is 78.9 Å². The number of carbonyl (C=O) groups excluding carboxylic acids is 2. The summed E-state index contributed by atoms with van der Waals surface area (Å²) in [5, 5.41) is 2.13. The smallest absolute Gasteiger partial charge is 0.266 e. The van der Waals surface area contributed by atoms with Crippen LogP contribution in [0.25, 0.3) is 0 Å². The molecule has 5 rings (SSSR count). The van der Waals surface area contributed by atoms with Crippen molar-refractivity contribution in [3.8, 4) is 0 Å². The van der Waals surface area contributed by atoms with Gasteiger partial charge in [-0.2, -0.15) is 0 Å². The van der Waals surface area contributed by atoms with Crippen molar-refractivity contribution in [3.63, 3.8) is 0 Å². The van der Waals surface area contributed by atoms with E-state index < -0.39 is 24.0 Å². The van der Waals surface area contributed by atoms with Crippen LogP contribution in [0, 0.1) is 5.92 Å². The molecular formula is C23H16Cl2N2O3. The van der Waals surface area contributed by atoms with Crippen LogP contribution in [0.1, 0.15) is 11.6 Å². The number of rotatable bonds is 3. The van der Waals surface area contributed by atoms with E-state index in [1.807, 2.05) is 60.7 Å². The predicted octanol–water partition coefficient (Wildman–Crippen LogP) is 5.04. The molecule has 150 valence electrons. The van der Waals surface area contributed by atoms with E-state index in [1.54, 1.807) is 23.3 Å². The second-order valence-electron chi connectivity index (χ2n) is 7.15. The van der Waals surface area contributed by atoms with E-state index in [-0.39, 0.29) is 21.6 Å². The van der Waals surface area contributed by atoms with Crippen molar-refractivity contribution in [3.05, 3.63) is 94.5 Å². The zero-order valence-corrected chi connectivity index (χ0v) is 17.1. The van der Waals surface area contributed by atoms with Gasteiger partial charge in [0.2, 0.25) is 5.91 Å². The maximum Gasteiger partial charge on any atom is 0.266 e. The van der Waals surface area contributed by atoms with Crippen molar-refractivity contribution >= 4 is 46.4 Å². The van der Waals surface area contributed by atoms with Gasteiger partial charge in [0.25, 0.3) is 5.91 Å². The fourth-order valence-corrected chi connectivity index (χ4v) is 4.69. The summed E-state index contributed by atoms with van der Waals surface area (Å²) < 4.78 is 0. The molecule has 2 saturated heterocycles. The summed E-state index contributed by atoms with van der Waals surface area (Å²) in [7, 11) is 0. The number of imide groups is 1. The molecule has 0 radical (unpaired) electrons. The molecule has 0 saturated carbocycles. The van der Waals surface area contributed by atoms with E-state index in [9.17, 15) is 9.59 Å². The maximum atomic E-state index is 13.5. The Hall–Kier alpha value is -2.86. The third-order valence-electron chi connectivity index (χ3n) is 5.43. The largest absolute Gasteiger partial charge is 0.273 e.